The van der Waals surface area contributed by atoms with E-state index in [1.165, 1.54) is 31.2 Å². The summed E-state index contributed by atoms with van der Waals surface area (Å²) in [5.74, 6) is 1.51. The van der Waals surface area contributed by atoms with Gasteiger partial charge in [-0.2, -0.15) is 0 Å². The molecule has 0 fully saturated rings. The molecule has 0 radical (unpaired) electrons. The minimum atomic E-state index is 0.583. The van der Waals surface area contributed by atoms with Crippen molar-refractivity contribution in [3.05, 3.63) is 48.2 Å². The summed E-state index contributed by atoms with van der Waals surface area (Å²) in [5, 5.41) is 0. The molecule has 1 aromatic heterocycles. The van der Waals surface area contributed by atoms with Gasteiger partial charge in [0, 0.05) is 18.4 Å². The van der Waals surface area contributed by atoms with Gasteiger partial charge in [0.15, 0.2) is 0 Å². The predicted octanol–water partition coefficient (Wildman–Crippen LogP) is 6.31. The van der Waals surface area contributed by atoms with Crippen molar-refractivity contribution >= 4 is 0 Å². The first-order chi connectivity index (χ1) is 13.2. The third-order valence-corrected chi connectivity index (χ3v) is 4.88. The minimum Gasteiger partial charge on any atom is -0.493 e. The maximum atomic E-state index is 5.82. The van der Waals surface area contributed by atoms with Crippen molar-refractivity contribution in [3.63, 3.8) is 0 Å². The fourth-order valence-corrected chi connectivity index (χ4v) is 2.74. The molecule has 1 aromatic carbocycles. The quantitative estimate of drug-likeness (QED) is 0.388. The second kappa shape index (κ2) is 12.5. The lowest BCUT2D eigenvalue weighted by Gasteiger charge is -2.11. The van der Waals surface area contributed by atoms with Gasteiger partial charge in [0.25, 0.3) is 0 Å². The lowest BCUT2D eigenvalue weighted by atomic mass is 10.1. The van der Waals surface area contributed by atoms with Crippen LogP contribution in [0.1, 0.15) is 58.4 Å². The summed E-state index contributed by atoms with van der Waals surface area (Å²) < 4.78 is 11.5. The highest BCUT2D eigenvalue weighted by Gasteiger charge is 2.03. The van der Waals surface area contributed by atoms with E-state index < -0.39 is 0 Å². The van der Waals surface area contributed by atoms with E-state index in [-0.39, 0.29) is 0 Å². The highest BCUT2D eigenvalue weighted by atomic mass is 16.5. The molecule has 0 amide bonds. The Morgan fingerprint density at radius 1 is 0.926 bits per heavy atom. The van der Waals surface area contributed by atoms with Crippen LogP contribution in [0.5, 0.6) is 5.75 Å². The Morgan fingerprint density at radius 2 is 1.74 bits per heavy atom. The van der Waals surface area contributed by atoms with Gasteiger partial charge in [-0.15, -0.1) is 0 Å². The molecule has 0 aliphatic carbocycles. The van der Waals surface area contributed by atoms with E-state index in [0.29, 0.717) is 5.92 Å². The highest BCUT2D eigenvalue weighted by Crippen LogP contribution is 2.21. The molecule has 0 N–H and O–H groups in total. The number of unbranched alkanes of at least 4 members (excludes halogenated alkanes) is 3. The smallest absolute Gasteiger partial charge is 0.119 e. The summed E-state index contributed by atoms with van der Waals surface area (Å²) in [7, 11) is 0. The maximum absolute atomic E-state index is 5.82. The molecule has 1 atom stereocenters. The SMILES string of the molecule is CCCCCCOCCc1ccc(-c2ccc(OCC(C)CC)cc2)nc1. The van der Waals surface area contributed by atoms with Crippen molar-refractivity contribution in [2.45, 2.75) is 59.3 Å². The molecule has 0 saturated carbocycles. The molecule has 2 aromatic rings. The average Bonchev–Trinajstić information content (AvgIpc) is 2.72. The maximum Gasteiger partial charge on any atom is 0.119 e. The van der Waals surface area contributed by atoms with E-state index in [1.54, 1.807) is 0 Å². The second-order valence-corrected chi connectivity index (χ2v) is 7.32. The lowest BCUT2D eigenvalue weighted by Crippen LogP contribution is -2.06. The molecule has 0 spiro atoms. The molecule has 0 bridgehead atoms. The molecule has 1 unspecified atom stereocenters. The van der Waals surface area contributed by atoms with Crippen LogP contribution in [0, 0.1) is 5.92 Å². The molecule has 27 heavy (non-hydrogen) atoms. The number of nitrogens with zero attached hydrogens (tertiary/aromatic N) is 1. The van der Waals surface area contributed by atoms with Crippen LogP contribution in [-0.4, -0.2) is 24.8 Å². The van der Waals surface area contributed by atoms with Gasteiger partial charge in [0.1, 0.15) is 5.75 Å². The number of hydrogen-bond donors (Lipinski definition) is 0. The van der Waals surface area contributed by atoms with Crippen molar-refractivity contribution in [3.8, 4) is 17.0 Å². The van der Waals surface area contributed by atoms with Crippen LogP contribution in [0.2, 0.25) is 0 Å². The van der Waals surface area contributed by atoms with Crippen LogP contribution in [0.15, 0.2) is 42.6 Å². The van der Waals surface area contributed by atoms with E-state index in [1.807, 2.05) is 18.3 Å². The normalized spacial score (nSPS) is 12.1. The van der Waals surface area contributed by atoms with Crippen molar-refractivity contribution in [1.82, 2.24) is 4.98 Å². The van der Waals surface area contributed by atoms with Crippen molar-refractivity contribution in [2.24, 2.45) is 5.92 Å². The number of hydrogen-bond acceptors (Lipinski definition) is 3. The Bertz CT molecular complexity index is 622. The van der Waals surface area contributed by atoms with Crippen LogP contribution < -0.4 is 4.74 Å². The summed E-state index contributed by atoms with van der Waals surface area (Å²) in [4.78, 5) is 4.61. The molecule has 3 nitrogen and oxygen atoms in total. The van der Waals surface area contributed by atoms with E-state index in [2.05, 4.69) is 50.0 Å². The van der Waals surface area contributed by atoms with Crippen molar-refractivity contribution in [2.75, 3.05) is 19.8 Å². The zero-order chi connectivity index (χ0) is 19.3. The molecule has 0 saturated heterocycles. The van der Waals surface area contributed by atoms with E-state index in [9.17, 15) is 0 Å². The van der Waals surface area contributed by atoms with Gasteiger partial charge in [0.2, 0.25) is 0 Å². The van der Waals surface area contributed by atoms with Gasteiger partial charge < -0.3 is 9.47 Å². The number of ether oxygens (including phenoxy) is 2. The second-order valence-electron chi connectivity index (χ2n) is 7.32. The lowest BCUT2D eigenvalue weighted by molar-refractivity contribution is 0.133. The van der Waals surface area contributed by atoms with Gasteiger partial charge in [-0.1, -0.05) is 52.5 Å². The molecule has 3 heteroatoms. The first-order valence-electron chi connectivity index (χ1n) is 10.5. The van der Waals surface area contributed by atoms with E-state index >= 15 is 0 Å². The average molecular weight is 370 g/mol. The van der Waals surface area contributed by atoms with Crippen LogP contribution in [0.25, 0.3) is 11.3 Å². The fourth-order valence-electron chi connectivity index (χ4n) is 2.74. The standard InChI is InChI=1S/C24H35NO2/c1-4-6-7-8-16-26-17-15-21-9-14-24(25-18-21)22-10-12-23(13-11-22)27-19-20(3)5-2/h9-14,18,20H,4-8,15-17,19H2,1-3H3. The molecule has 1 heterocycles. The summed E-state index contributed by atoms with van der Waals surface area (Å²) >= 11 is 0. The van der Waals surface area contributed by atoms with Gasteiger partial charge >= 0.3 is 0 Å². The van der Waals surface area contributed by atoms with Crippen LogP contribution in [0.3, 0.4) is 0 Å². The third kappa shape index (κ3) is 8.13. The van der Waals surface area contributed by atoms with Gasteiger partial charge in [-0.05, 0) is 54.7 Å². The molecule has 2 rings (SSSR count). The van der Waals surface area contributed by atoms with Crippen molar-refractivity contribution in [1.29, 1.82) is 0 Å². The van der Waals surface area contributed by atoms with Crippen LogP contribution >= 0.6 is 0 Å². The minimum absolute atomic E-state index is 0.583. The first kappa shape index (κ1) is 21.4. The molecule has 0 aliphatic heterocycles. The fraction of sp³-hybridized carbons (Fsp3) is 0.542. The van der Waals surface area contributed by atoms with Gasteiger partial charge in [-0.25, -0.2) is 0 Å². The summed E-state index contributed by atoms with van der Waals surface area (Å²) in [6, 6.07) is 12.4. The Balaban J connectivity index is 1.75. The van der Waals surface area contributed by atoms with E-state index in [4.69, 9.17) is 9.47 Å². The van der Waals surface area contributed by atoms with E-state index in [0.717, 1.165) is 49.7 Å². The Hall–Kier alpha value is -1.87. The Morgan fingerprint density at radius 3 is 2.41 bits per heavy atom. The summed E-state index contributed by atoms with van der Waals surface area (Å²) in [6.45, 7) is 9.03. The van der Waals surface area contributed by atoms with Crippen molar-refractivity contribution < 1.29 is 9.47 Å². The van der Waals surface area contributed by atoms with Gasteiger partial charge in [0.05, 0.1) is 18.9 Å². The topological polar surface area (TPSA) is 31.4 Å². The molecule has 148 valence electrons. The Kier molecular flexibility index (Phi) is 9.93. The third-order valence-electron chi connectivity index (χ3n) is 4.88. The molecular formula is C24H35NO2. The zero-order valence-electron chi connectivity index (χ0n) is 17.2. The van der Waals surface area contributed by atoms with Crippen LogP contribution in [0.4, 0.5) is 0 Å². The number of aromatic nitrogens is 1. The summed E-state index contributed by atoms with van der Waals surface area (Å²) in [5.41, 5.74) is 3.33. The van der Waals surface area contributed by atoms with Crippen LogP contribution in [-0.2, 0) is 11.2 Å². The van der Waals surface area contributed by atoms with Gasteiger partial charge in [-0.3, -0.25) is 4.98 Å². The molecular weight excluding hydrogens is 334 g/mol. The highest BCUT2D eigenvalue weighted by molar-refractivity contribution is 5.60. The zero-order valence-corrected chi connectivity index (χ0v) is 17.2. The monoisotopic (exact) mass is 369 g/mol. The number of pyridine rings is 1. The first-order valence-corrected chi connectivity index (χ1v) is 10.5. The number of rotatable bonds is 13. The molecule has 0 aliphatic rings. The summed E-state index contributed by atoms with van der Waals surface area (Å²) in [6.07, 6.45) is 9.03. The largest absolute Gasteiger partial charge is 0.493 e. The Labute approximate surface area is 165 Å². The predicted molar refractivity (Wildman–Crippen MR) is 113 cm³/mol. The number of benzene rings is 1.